The Labute approximate surface area is 225 Å². The van der Waals surface area contributed by atoms with Crippen molar-refractivity contribution in [2.45, 2.75) is 45.2 Å². The average Bonchev–Trinajstić information content (AvgIpc) is 3.57. The maximum Gasteiger partial charge on any atom is 0.123 e. The van der Waals surface area contributed by atoms with Crippen LogP contribution < -0.4 is 10.6 Å². The Morgan fingerprint density at radius 3 is 2.46 bits per heavy atom. The van der Waals surface area contributed by atoms with E-state index >= 15 is 0 Å². The first-order valence-corrected chi connectivity index (χ1v) is 12.7. The van der Waals surface area contributed by atoms with Crippen LogP contribution in [0.25, 0.3) is 10.9 Å². The minimum absolute atomic E-state index is 0.0286. The second kappa shape index (κ2) is 9.97. The van der Waals surface area contributed by atoms with Gasteiger partial charge in [0.05, 0.1) is 46.7 Å². The van der Waals surface area contributed by atoms with Gasteiger partial charge < -0.3 is 15.7 Å². The molecule has 1 unspecified atom stereocenters. The van der Waals surface area contributed by atoms with E-state index in [2.05, 4.69) is 58.8 Å². The van der Waals surface area contributed by atoms with Crippen LogP contribution in [0.1, 0.15) is 62.0 Å². The van der Waals surface area contributed by atoms with Gasteiger partial charge in [-0.2, -0.15) is 10.5 Å². The highest BCUT2D eigenvalue weighted by Gasteiger charge is 2.45. The lowest BCUT2D eigenvalue weighted by Crippen LogP contribution is -2.22. The van der Waals surface area contributed by atoms with Gasteiger partial charge in [-0.15, -0.1) is 5.10 Å². The highest BCUT2D eigenvalue weighted by molar-refractivity contribution is 5.99. The van der Waals surface area contributed by atoms with E-state index in [4.69, 9.17) is 0 Å². The number of benzene rings is 2. The summed E-state index contributed by atoms with van der Waals surface area (Å²) in [4.78, 5) is 4.42. The number of nitrogens with zero attached hydrogens (tertiary/aromatic N) is 6. The minimum atomic E-state index is -0.532. The Balaban J connectivity index is 1.61. The number of hydrogen-bond donors (Lipinski definition) is 3. The highest BCUT2D eigenvalue weighted by Crippen LogP contribution is 2.43. The Morgan fingerprint density at radius 2 is 1.85 bits per heavy atom. The molecule has 0 amide bonds. The summed E-state index contributed by atoms with van der Waals surface area (Å²) < 4.78 is 15.5. The molecular weight excluding hydrogens is 495 g/mol. The van der Waals surface area contributed by atoms with Gasteiger partial charge in [-0.3, -0.25) is 4.98 Å². The summed E-state index contributed by atoms with van der Waals surface area (Å²) in [5.41, 5.74) is 3.26. The summed E-state index contributed by atoms with van der Waals surface area (Å²) in [5.74, 6) is -0.361. The van der Waals surface area contributed by atoms with Gasteiger partial charge in [-0.1, -0.05) is 38.1 Å². The normalized spacial score (nSPS) is 14.8. The number of anilines is 2. The molecule has 198 valence electrons. The molecule has 4 aromatic rings. The second-order valence-electron chi connectivity index (χ2n) is 11.2. The van der Waals surface area contributed by atoms with Crippen LogP contribution in [0.4, 0.5) is 15.8 Å². The fourth-order valence-corrected chi connectivity index (χ4v) is 4.49. The fourth-order valence-electron chi connectivity index (χ4n) is 4.49. The van der Waals surface area contributed by atoms with Crippen molar-refractivity contribution in [3.05, 3.63) is 77.0 Å². The van der Waals surface area contributed by atoms with Gasteiger partial charge in [0, 0.05) is 23.8 Å². The maximum absolute atomic E-state index is 13.8. The van der Waals surface area contributed by atoms with E-state index in [0.717, 1.165) is 18.4 Å². The van der Waals surface area contributed by atoms with E-state index in [1.54, 1.807) is 29.1 Å². The van der Waals surface area contributed by atoms with Crippen molar-refractivity contribution in [3.8, 4) is 12.1 Å². The third kappa shape index (κ3) is 5.25. The van der Waals surface area contributed by atoms with E-state index in [1.807, 2.05) is 6.07 Å². The SMILES string of the molecule is CC(C)(C)CNc1c(C#N)cnc2c(C#N)cc(NC(c3ccc(F)cc3)c3cn(C4(CO)CC4)nn3)cc12. The van der Waals surface area contributed by atoms with Crippen LogP contribution in [-0.2, 0) is 5.54 Å². The van der Waals surface area contributed by atoms with Gasteiger partial charge in [0.25, 0.3) is 0 Å². The maximum atomic E-state index is 13.8. The van der Waals surface area contributed by atoms with Crippen molar-refractivity contribution in [1.29, 1.82) is 10.5 Å². The molecule has 9 nitrogen and oxygen atoms in total. The number of fused-ring (bicyclic) bond motifs is 1. The summed E-state index contributed by atoms with van der Waals surface area (Å²) in [6, 6.07) is 13.5. The molecule has 1 atom stereocenters. The Morgan fingerprint density at radius 1 is 1.13 bits per heavy atom. The molecule has 5 rings (SSSR count). The molecule has 1 aliphatic rings. The summed E-state index contributed by atoms with van der Waals surface area (Å²) in [6.07, 6.45) is 4.91. The molecule has 0 aliphatic heterocycles. The van der Waals surface area contributed by atoms with E-state index in [-0.39, 0.29) is 17.8 Å². The first kappa shape index (κ1) is 26.1. The molecule has 2 aromatic heterocycles. The third-order valence-electron chi connectivity index (χ3n) is 6.94. The molecule has 2 heterocycles. The molecule has 2 aromatic carbocycles. The quantitative estimate of drug-likeness (QED) is 0.298. The summed E-state index contributed by atoms with van der Waals surface area (Å²) in [5, 5.41) is 45.7. The van der Waals surface area contributed by atoms with Crippen molar-refractivity contribution in [3.63, 3.8) is 0 Å². The molecule has 0 spiro atoms. The predicted molar refractivity (Wildman–Crippen MR) is 145 cm³/mol. The first-order chi connectivity index (χ1) is 18.7. The average molecular weight is 525 g/mol. The Kier molecular flexibility index (Phi) is 6.67. The molecule has 1 saturated carbocycles. The number of nitriles is 2. The molecule has 1 fully saturated rings. The van der Waals surface area contributed by atoms with Crippen LogP contribution in [0.5, 0.6) is 0 Å². The second-order valence-corrected chi connectivity index (χ2v) is 11.2. The van der Waals surface area contributed by atoms with Crippen molar-refractivity contribution in [2.24, 2.45) is 5.41 Å². The lowest BCUT2D eigenvalue weighted by molar-refractivity contribution is 0.200. The number of hydrogen-bond acceptors (Lipinski definition) is 8. The summed E-state index contributed by atoms with van der Waals surface area (Å²) in [7, 11) is 0. The van der Waals surface area contributed by atoms with Crippen LogP contribution in [0.3, 0.4) is 0 Å². The third-order valence-corrected chi connectivity index (χ3v) is 6.94. The van der Waals surface area contributed by atoms with Crippen molar-refractivity contribution in [2.75, 3.05) is 23.8 Å². The number of halogens is 1. The standard InChI is InChI=1S/C29H29FN8O/c1-28(2,3)16-34-26-20(13-32)14-33-25-19(12-31)10-22(11-23(25)26)35-27(18-4-6-21(30)7-5-18)24-15-38(37-36-24)29(17-39)8-9-29/h4-7,10-11,14-15,27,35,39H,8-9,16-17H2,1-3H3,(H,33,34). The summed E-state index contributed by atoms with van der Waals surface area (Å²) in [6.45, 7) is 6.85. The van der Waals surface area contributed by atoms with Gasteiger partial charge in [-0.05, 0) is 48.1 Å². The molecule has 0 radical (unpaired) electrons. The molecule has 10 heteroatoms. The Hall–Kier alpha value is -4.54. The smallest absolute Gasteiger partial charge is 0.123 e. The lowest BCUT2D eigenvalue weighted by atomic mass is 9.96. The van der Waals surface area contributed by atoms with Gasteiger partial charge in [-0.25, -0.2) is 9.07 Å². The van der Waals surface area contributed by atoms with E-state index in [9.17, 15) is 20.0 Å². The zero-order valence-corrected chi connectivity index (χ0v) is 22.0. The number of aromatic nitrogens is 4. The largest absolute Gasteiger partial charge is 0.394 e. The monoisotopic (exact) mass is 524 g/mol. The first-order valence-electron chi connectivity index (χ1n) is 12.7. The van der Waals surface area contributed by atoms with Crippen LogP contribution in [0, 0.1) is 33.9 Å². The predicted octanol–water partition coefficient (Wildman–Crippen LogP) is 4.85. The van der Waals surface area contributed by atoms with Crippen molar-refractivity contribution >= 4 is 22.3 Å². The minimum Gasteiger partial charge on any atom is -0.394 e. The van der Waals surface area contributed by atoms with Crippen LogP contribution >= 0.6 is 0 Å². The van der Waals surface area contributed by atoms with Crippen molar-refractivity contribution < 1.29 is 9.50 Å². The molecule has 0 saturated heterocycles. The molecular formula is C29H29FN8O. The zero-order valence-electron chi connectivity index (χ0n) is 22.0. The topological polar surface area (TPSA) is 135 Å². The molecule has 1 aliphatic carbocycles. The van der Waals surface area contributed by atoms with Gasteiger partial charge in [0.1, 0.15) is 23.6 Å². The van der Waals surface area contributed by atoms with Crippen LogP contribution in [0.2, 0.25) is 0 Å². The molecule has 3 N–H and O–H groups in total. The summed E-state index contributed by atoms with van der Waals surface area (Å²) >= 11 is 0. The van der Waals surface area contributed by atoms with E-state index in [1.165, 1.54) is 18.3 Å². The number of nitrogens with one attached hydrogen (secondary N) is 2. The number of aliphatic hydroxyl groups excluding tert-OH is 1. The van der Waals surface area contributed by atoms with E-state index in [0.29, 0.717) is 45.6 Å². The van der Waals surface area contributed by atoms with Gasteiger partial charge in [0.2, 0.25) is 0 Å². The fraction of sp³-hybridized carbons (Fsp3) is 0.345. The van der Waals surface area contributed by atoms with Gasteiger partial charge >= 0.3 is 0 Å². The molecule has 39 heavy (non-hydrogen) atoms. The van der Waals surface area contributed by atoms with E-state index < -0.39 is 11.6 Å². The number of pyridine rings is 1. The van der Waals surface area contributed by atoms with Gasteiger partial charge in [0.15, 0.2) is 0 Å². The van der Waals surface area contributed by atoms with Crippen molar-refractivity contribution in [1.82, 2.24) is 20.0 Å². The van der Waals surface area contributed by atoms with Crippen LogP contribution in [-0.4, -0.2) is 38.2 Å². The lowest BCUT2D eigenvalue weighted by Gasteiger charge is -2.22. The molecule has 0 bridgehead atoms. The number of aliphatic hydroxyl groups is 1. The van der Waals surface area contributed by atoms with Crippen LogP contribution in [0.15, 0.2) is 48.8 Å². The number of rotatable bonds is 8. The Bertz CT molecular complexity index is 1600. The zero-order chi connectivity index (χ0) is 27.8. The highest BCUT2D eigenvalue weighted by atomic mass is 19.1.